The van der Waals surface area contributed by atoms with Crippen molar-refractivity contribution in [2.75, 3.05) is 13.6 Å². The Morgan fingerprint density at radius 3 is 2.10 bits per heavy atom. The smallest absolute Gasteiger partial charge is 0.311 e. The average Bonchev–Trinajstić information content (AvgIpc) is 2.46. The summed E-state index contributed by atoms with van der Waals surface area (Å²) in [5.41, 5.74) is 0. The van der Waals surface area contributed by atoms with Crippen molar-refractivity contribution < 1.29 is 31.9 Å². The molecule has 0 N–H and O–H groups in total. The molecule has 4 nitrogen and oxygen atoms in total. The van der Waals surface area contributed by atoms with Crippen LogP contribution >= 0.6 is 0 Å². The molecule has 0 aliphatic heterocycles. The Balaban J connectivity index is 2.74. The van der Waals surface area contributed by atoms with Crippen molar-refractivity contribution in [1.29, 1.82) is 0 Å². The van der Waals surface area contributed by atoms with Crippen molar-refractivity contribution >= 4 is 11.9 Å². The monoisotopic (exact) mass is 307 g/mol. The Kier molecular flexibility index (Phi) is 5.69. The van der Waals surface area contributed by atoms with Crippen LogP contribution in [0.5, 0.6) is 5.75 Å². The topological polar surface area (TPSA) is 46.6 Å². The molecule has 0 fully saturated rings. The highest BCUT2D eigenvalue weighted by Gasteiger charge is 2.23. The van der Waals surface area contributed by atoms with E-state index >= 15 is 0 Å². The Hall–Kier alpha value is -2.12. The lowest BCUT2D eigenvalue weighted by atomic mass is 10.2. The fraction of sp³-hybridized carbons (Fsp3) is 0.385. The van der Waals surface area contributed by atoms with E-state index in [9.17, 15) is 27.2 Å². The standard InChI is InChI=1S/C13H13F4NO3/c1-3-18(2)9(19)4-5-10(20)21-13-11(16)7(14)6-8(15)12(13)17/h6H,3-5H2,1-2H3. The van der Waals surface area contributed by atoms with Gasteiger partial charge in [0, 0.05) is 26.1 Å². The van der Waals surface area contributed by atoms with Gasteiger partial charge in [0.05, 0.1) is 6.42 Å². The summed E-state index contributed by atoms with van der Waals surface area (Å²) >= 11 is 0. The lowest BCUT2D eigenvalue weighted by molar-refractivity contribution is -0.138. The Morgan fingerprint density at radius 1 is 1.10 bits per heavy atom. The van der Waals surface area contributed by atoms with Gasteiger partial charge in [-0.25, -0.2) is 8.78 Å². The maximum absolute atomic E-state index is 13.3. The Labute approximate surface area is 118 Å². The number of benzene rings is 1. The number of nitrogens with zero attached hydrogens (tertiary/aromatic N) is 1. The largest absolute Gasteiger partial charge is 0.420 e. The summed E-state index contributed by atoms with van der Waals surface area (Å²) in [5, 5.41) is 0. The van der Waals surface area contributed by atoms with Crippen LogP contribution in [0.1, 0.15) is 19.8 Å². The highest BCUT2D eigenvalue weighted by Crippen LogP contribution is 2.26. The molecular formula is C13H13F4NO3. The molecule has 0 unspecified atom stereocenters. The summed E-state index contributed by atoms with van der Waals surface area (Å²) in [4.78, 5) is 24.1. The van der Waals surface area contributed by atoms with Gasteiger partial charge in [-0.15, -0.1) is 0 Å². The van der Waals surface area contributed by atoms with E-state index in [4.69, 9.17) is 0 Å². The Morgan fingerprint density at radius 2 is 1.62 bits per heavy atom. The van der Waals surface area contributed by atoms with Gasteiger partial charge in [-0.05, 0) is 6.92 Å². The molecule has 0 aliphatic rings. The molecule has 1 aromatic carbocycles. The zero-order chi connectivity index (χ0) is 16.2. The van der Waals surface area contributed by atoms with Gasteiger partial charge in [-0.2, -0.15) is 8.78 Å². The minimum atomic E-state index is -1.81. The van der Waals surface area contributed by atoms with E-state index in [0.717, 1.165) is 0 Å². The number of amides is 1. The molecule has 0 heterocycles. The number of ether oxygens (including phenoxy) is 1. The molecule has 0 saturated carbocycles. The number of carbonyl (C=O) groups excluding carboxylic acids is 2. The van der Waals surface area contributed by atoms with Gasteiger partial charge in [0.1, 0.15) is 0 Å². The molecule has 1 rings (SSSR count). The van der Waals surface area contributed by atoms with Crippen molar-refractivity contribution in [1.82, 2.24) is 4.90 Å². The van der Waals surface area contributed by atoms with Crippen molar-refractivity contribution in [2.45, 2.75) is 19.8 Å². The molecule has 21 heavy (non-hydrogen) atoms. The zero-order valence-corrected chi connectivity index (χ0v) is 11.4. The van der Waals surface area contributed by atoms with Crippen LogP contribution in [0.3, 0.4) is 0 Å². The first-order chi connectivity index (χ1) is 9.77. The molecule has 0 radical (unpaired) electrons. The van der Waals surface area contributed by atoms with Crippen LogP contribution in [-0.2, 0) is 9.59 Å². The summed E-state index contributed by atoms with van der Waals surface area (Å²) in [6.07, 6.45) is -0.718. The quantitative estimate of drug-likeness (QED) is 0.363. The number of halogens is 4. The second kappa shape index (κ2) is 7.05. The summed E-state index contributed by atoms with van der Waals surface area (Å²) in [6, 6.07) is 0.00172. The molecule has 0 saturated heterocycles. The predicted molar refractivity (Wildman–Crippen MR) is 64.5 cm³/mol. The van der Waals surface area contributed by atoms with Crippen molar-refractivity contribution in [3.8, 4) is 5.75 Å². The molecule has 116 valence electrons. The van der Waals surface area contributed by atoms with Crippen molar-refractivity contribution in [2.24, 2.45) is 0 Å². The Bertz CT molecular complexity index is 537. The van der Waals surface area contributed by atoms with Crippen LogP contribution in [0.4, 0.5) is 17.6 Å². The fourth-order valence-electron chi connectivity index (χ4n) is 1.38. The van der Waals surface area contributed by atoms with Gasteiger partial charge < -0.3 is 9.64 Å². The first kappa shape index (κ1) is 16.9. The lowest BCUT2D eigenvalue weighted by Crippen LogP contribution is -2.27. The summed E-state index contributed by atoms with van der Waals surface area (Å²) in [5.74, 6) is -9.97. The maximum Gasteiger partial charge on any atom is 0.311 e. The van der Waals surface area contributed by atoms with E-state index in [-0.39, 0.29) is 18.4 Å². The van der Waals surface area contributed by atoms with Crippen molar-refractivity contribution in [3.05, 3.63) is 29.3 Å². The summed E-state index contributed by atoms with van der Waals surface area (Å²) in [7, 11) is 1.51. The SMILES string of the molecule is CCN(C)C(=O)CCC(=O)Oc1c(F)c(F)cc(F)c1F. The third-order valence-electron chi connectivity index (χ3n) is 2.73. The minimum absolute atomic E-state index is 0.00172. The predicted octanol–water partition coefficient (Wildman–Crippen LogP) is 2.41. The third kappa shape index (κ3) is 4.17. The first-order valence-electron chi connectivity index (χ1n) is 6.05. The minimum Gasteiger partial charge on any atom is -0.420 e. The van der Waals surface area contributed by atoms with Gasteiger partial charge in [-0.1, -0.05) is 0 Å². The molecule has 8 heteroatoms. The number of carbonyl (C=O) groups is 2. The van der Waals surface area contributed by atoms with E-state index in [1.165, 1.54) is 11.9 Å². The highest BCUT2D eigenvalue weighted by atomic mass is 19.2. The van der Waals surface area contributed by atoms with Gasteiger partial charge in [-0.3, -0.25) is 9.59 Å². The number of esters is 1. The van der Waals surface area contributed by atoms with E-state index in [1.54, 1.807) is 6.92 Å². The second-order valence-electron chi connectivity index (χ2n) is 4.18. The maximum atomic E-state index is 13.3. The van der Waals surface area contributed by atoms with Crippen molar-refractivity contribution in [3.63, 3.8) is 0 Å². The molecule has 0 spiro atoms. The molecule has 1 aromatic rings. The molecule has 0 bridgehead atoms. The first-order valence-corrected chi connectivity index (χ1v) is 6.05. The van der Waals surface area contributed by atoms with E-state index in [2.05, 4.69) is 4.74 Å². The average molecular weight is 307 g/mol. The zero-order valence-electron chi connectivity index (χ0n) is 11.4. The lowest BCUT2D eigenvalue weighted by Gasteiger charge is -2.14. The molecule has 1 amide bonds. The summed E-state index contributed by atoms with van der Waals surface area (Å²) < 4.78 is 56.6. The van der Waals surface area contributed by atoms with Gasteiger partial charge in [0.25, 0.3) is 0 Å². The third-order valence-corrected chi connectivity index (χ3v) is 2.73. The van der Waals surface area contributed by atoms with E-state index < -0.39 is 41.4 Å². The molecular weight excluding hydrogens is 294 g/mol. The number of hydrogen-bond donors (Lipinski definition) is 0. The van der Waals surface area contributed by atoms with Crippen LogP contribution in [0.25, 0.3) is 0 Å². The number of hydrogen-bond acceptors (Lipinski definition) is 3. The van der Waals surface area contributed by atoms with Crippen LogP contribution in [0.2, 0.25) is 0 Å². The molecule has 0 atom stereocenters. The molecule has 0 aromatic heterocycles. The van der Waals surface area contributed by atoms with Crippen LogP contribution in [0.15, 0.2) is 6.07 Å². The van der Waals surface area contributed by atoms with Crippen LogP contribution < -0.4 is 4.74 Å². The normalized spacial score (nSPS) is 10.4. The van der Waals surface area contributed by atoms with E-state index in [0.29, 0.717) is 6.54 Å². The number of rotatable bonds is 5. The van der Waals surface area contributed by atoms with Gasteiger partial charge >= 0.3 is 5.97 Å². The fourth-order valence-corrected chi connectivity index (χ4v) is 1.38. The highest BCUT2D eigenvalue weighted by molar-refractivity contribution is 5.82. The van der Waals surface area contributed by atoms with Gasteiger partial charge in [0.2, 0.25) is 23.3 Å². The second-order valence-corrected chi connectivity index (χ2v) is 4.18. The van der Waals surface area contributed by atoms with Crippen LogP contribution in [-0.4, -0.2) is 30.4 Å². The van der Waals surface area contributed by atoms with Crippen LogP contribution in [0, 0.1) is 23.3 Å². The van der Waals surface area contributed by atoms with E-state index in [1.807, 2.05) is 0 Å². The molecule has 0 aliphatic carbocycles. The summed E-state index contributed by atoms with van der Waals surface area (Å²) in [6.45, 7) is 2.14. The van der Waals surface area contributed by atoms with Gasteiger partial charge in [0.15, 0.2) is 11.6 Å².